The van der Waals surface area contributed by atoms with E-state index in [0.29, 0.717) is 21.2 Å². The van der Waals surface area contributed by atoms with Gasteiger partial charge in [0.2, 0.25) is 0 Å². The van der Waals surface area contributed by atoms with E-state index in [9.17, 15) is 9.59 Å². The van der Waals surface area contributed by atoms with Crippen LogP contribution in [0.25, 0.3) is 0 Å². The predicted octanol–water partition coefficient (Wildman–Crippen LogP) is 4.17. The minimum Gasteiger partial charge on any atom is -0.343 e. The number of nitrogens with zero attached hydrogens (tertiary/aromatic N) is 1. The molecular formula is C20H21Cl2N3O2. The number of halogens is 2. The van der Waals surface area contributed by atoms with Crippen molar-refractivity contribution in [3.8, 4) is 0 Å². The van der Waals surface area contributed by atoms with Crippen LogP contribution in [0.2, 0.25) is 10.0 Å². The van der Waals surface area contributed by atoms with Gasteiger partial charge < -0.3 is 5.32 Å². The molecule has 0 aliphatic carbocycles. The van der Waals surface area contributed by atoms with E-state index in [1.807, 2.05) is 12.1 Å². The Bertz CT molecular complexity index is 836. The standard InChI is InChI=1S/C20H21Cl2N3O2/c1-20(2,3)14-9-7-13(8-10-14)19(27)23-12-18(26)25-24-11-15-16(21)5-4-6-17(15)22/h4-11H,12H2,1-3H3,(H,23,27)(H,25,26)/b24-11+. The summed E-state index contributed by atoms with van der Waals surface area (Å²) in [5.74, 6) is -0.794. The van der Waals surface area contributed by atoms with Crippen LogP contribution in [0, 0.1) is 0 Å². The van der Waals surface area contributed by atoms with Gasteiger partial charge in [-0.1, -0.05) is 62.2 Å². The third kappa shape index (κ3) is 6.08. The molecule has 2 aromatic carbocycles. The normalized spacial score (nSPS) is 11.4. The van der Waals surface area contributed by atoms with E-state index < -0.39 is 5.91 Å². The molecule has 0 spiro atoms. The van der Waals surface area contributed by atoms with E-state index in [-0.39, 0.29) is 17.9 Å². The molecule has 27 heavy (non-hydrogen) atoms. The minimum atomic E-state index is -0.464. The second-order valence-corrected chi connectivity index (χ2v) is 7.75. The summed E-state index contributed by atoms with van der Waals surface area (Å²) in [6.07, 6.45) is 1.36. The van der Waals surface area contributed by atoms with Crippen molar-refractivity contribution in [2.45, 2.75) is 26.2 Å². The van der Waals surface area contributed by atoms with E-state index >= 15 is 0 Å². The number of carbonyl (C=O) groups excluding carboxylic acids is 2. The van der Waals surface area contributed by atoms with Crippen LogP contribution in [0.1, 0.15) is 42.3 Å². The Kier molecular flexibility index (Phi) is 6.99. The van der Waals surface area contributed by atoms with Crippen molar-refractivity contribution in [1.82, 2.24) is 10.7 Å². The number of hydrogen-bond donors (Lipinski definition) is 2. The molecular weight excluding hydrogens is 385 g/mol. The summed E-state index contributed by atoms with van der Waals surface area (Å²) in [5.41, 5.74) is 4.45. The van der Waals surface area contributed by atoms with E-state index in [2.05, 4.69) is 36.6 Å². The Morgan fingerprint density at radius 2 is 1.63 bits per heavy atom. The maximum Gasteiger partial charge on any atom is 0.259 e. The van der Waals surface area contributed by atoms with Crippen LogP contribution in [-0.4, -0.2) is 24.6 Å². The molecule has 0 saturated heterocycles. The Labute approximate surface area is 168 Å². The molecule has 0 aliphatic heterocycles. The SMILES string of the molecule is CC(C)(C)c1ccc(C(=O)NCC(=O)N/N=C/c2c(Cl)cccc2Cl)cc1. The number of rotatable bonds is 5. The molecule has 2 amide bonds. The predicted molar refractivity (Wildman–Crippen MR) is 110 cm³/mol. The summed E-state index contributed by atoms with van der Waals surface area (Å²) in [6.45, 7) is 6.10. The molecule has 0 bridgehead atoms. The molecule has 2 N–H and O–H groups in total. The van der Waals surface area contributed by atoms with Crippen LogP contribution >= 0.6 is 23.2 Å². The van der Waals surface area contributed by atoms with Crippen molar-refractivity contribution < 1.29 is 9.59 Å². The average Bonchev–Trinajstić information content (AvgIpc) is 2.61. The first kappa shape index (κ1) is 20.9. The molecule has 5 nitrogen and oxygen atoms in total. The van der Waals surface area contributed by atoms with Crippen molar-refractivity contribution in [3.05, 3.63) is 69.2 Å². The van der Waals surface area contributed by atoms with E-state index in [1.54, 1.807) is 30.3 Å². The third-order valence-corrected chi connectivity index (χ3v) is 4.46. The van der Waals surface area contributed by atoms with Crippen molar-refractivity contribution in [1.29, 1.82) is 0 Å². The van der Waals surface area contributed by atoms with Gasteiger partial charge in [-0.2, -0.15) is 5.10 Å². The van der Waals surface area contributed by atoms with Crippen LogP contribution in [0.4, 0.5) is 0 Å². The Balaban J connectivity index is 1.86. The average molecular weight is 406 g/mol. The molecule has 7 heteroatoms. The van der Waals surface area contributed by atoms with Crippen LogP contribution in [0.5, 0.6) is 0 Å². The second-order valence-electron chi connectivity index (χ2n) is 6.94. The van der Waals surface area contributed by atoms with Gasteiger partial charge in [-0.15, -0.1) is 0 Å². The first-order chi connectivity index (χ1) is 12.7. The third-order valence-electron chi connectivity index (χ3n) is 3.81. The van der Waals surface area contributed by atoms with Gasteiger partial charge in [0.15, 0.2) is 0 Å². The van der Waals surface area contributed by atoms with Gasteiger partial charge in [0.1, 0.15) is 0 Å². The second kappa shape index (κ2) is 9.02. The molecule has 142 valence electrons. The van der Waals surface area contributed by atoms with Gasteiger partial charge in [-0.3, -0.25) is 9.59 Å². The number of amides is 2. The first-order valence-electron chi connectivity index (χ1n) is 8.33. The maximum absolute atomic E-state index is 12.1. The number of hydrazone groups is 1. The summed E-state index contributed by atoms with van der Waals surface area (Å²) in [4.78, 5) is 23.9. The summed E-state index contributed by atoms with van der Waals surface area (Å²) in [6, 6.07) is 12.4. The number of carbonyl (C=O) groups is 2. The maximum atomic E-state index is 12.1. The summed E-state index contributed by atoms with van der Waals surface area (Å²) < 4.78 is 0. The van der Waals surface area contributed by atoms with E-state index in [0.717, 1.165) is 5.56 Å². The Morgan fingerprint density at radius 3 is 2.19 bits per heavy atom. The molecule has 0 aliphatic rings. The van der Waals surface area contributed by atoms with Crippen LogP contribution in [-0.2, 0) is 10.2 Å². The molecule has 0 aromatic heterocycles. The smallest absolute Gasteiger partial charge is 0.259 e. The monoisotopic (exact) mass is 405 g/mol. The van der Waals surface area contributed by atoms with Gasteiger partial charge >= 0.3 is 0 Å². The van der Waals surface area contributed by atoms with Crippen molar-refractivity contribution in [2.24, 2.45) is 5.10 Å². The number of benzene rings is 2. The molecule has 0 unspecified atom stereocenters. The molecule has 0 atom stereocenters. The van der Waals surface area contributed by atoms with Crippen molar-refractivity contribution >= 4 is 41.2 Å². The molecule has 2 rings (SSSR count). The summed E-state index contributed by atoms with van der Waals surface area (Å²) in [7, 11) is 0. The lowest BCUT2D eigenvalue weighted by atomic mass is 9.87. The highest BCUT2D eigenvalue weighted by Gasteiger charge is 2.14. The van der Waals surface area contributed by atoms with E-state index in [1.165, 1.54) is 6.21 Å². The fourth-order valence-corrected chi connectivity index (χ4v) is 2.72. The van der Waals surface area contributed by atoms with Crippen LogP contribution < -0.4 is 10.7 Å². The van der Waals surface area contributed by atoms with Crippen LogP contribution in [0.15, 0.2) is 47.6 Å². The molecule has 0 radical (unpaired) electrons. The first-order valence-corrected chi connectivity index (χ1v) is 9.09. The van der Waals surface area contributed by atoms with Crippen LogP contribution in [0.3, 0.4) is 0 Å². The van der Waals surface area contributed by atoms with Crippen molar-refractivity contribution in [2.75, 3.05) is 6.54 Å². The summed E-state index contributed by atoms with van der Waals surface area (Å²) >= 11 is 12.0. The fourth-order valence-electron chi connectivity index (χ4n) is 2.23. The molecule has 0 heterocycles. The molecule has 0 fully saturated rings. The zero-order valence-corrected chi connectivity index (χ0v) is 16.9. The zero-order valence-electron chi connectivity index (χ0n) is 15.3. The lowest BCUT2D eigenvalue weighted by Gasteiger charge is -2.19. The highest BCUT2D eigenvalue weighted by molar-refractivity contribution is 6.38. The van der Waals surface area contributed by atoms with Gasteiger partial charge in [-0.05, 0) is 35.2 Å². The summed E-state index contributed by atoms with van der Waals surface area (Å²) in [5, 5.41) is 7.21. The van der Waals surface area contributed by atoms with Gasteiger partial charge in [-0.25, -0.2) is 5.43 Å². The topological polar surface area (TPSA) is 70.6 Å². The lowest BCUT2D eigenvalue weighted by molar-refractivity contribution is -0.120. The quantitative estimate of drug-likeness (QED) is 0.578. The highest BCUT2D eigenvalue weighted by atomic mass is 35.5. The minimum absolute atomic E-state index is 0.0114. The molecule has 0 saturated carbocycles. The fraction of sp³-hybridized carbons (Fsp3) is 0.250. The number of hydrogen-bond acceptors (Lipinski definition) is 3. The number of nitrogens with one attached hydrogen (secondary N) is 2. The van der Waals surface area contributed by atoms with Crippen molar-refractivity contribution in [3.63, 3.8) is 0 Å². The largest absolute Gasteiger partial charge is 0.343 e. The Morgan fingerprint density at radius 1 is 1.04 bits per heavy atom. The highest BCUT2D eigenvalue weighted by Crippen LogP contribution is 2.22. The van der Waals surface area contributed by atoms with Gasteiger partial charge in [0.05, 0.1) is 22.8 Å². The Hall–Kier alpha value is -2.37. The van der Waals surface area contributed by atoms with Gasteiger partial charge in [0, 0.05) is 11.1 Å². The zero-order chi connectivity index (χ0) is 20.0. The molecule has 2 aromatic rings. The van der Waals surface area contributed by atoms with Gasteiger partial charge in [0.25, 0.3) is 11.8 Å². The lowest BCUT2D eigenvalue weighted by Crippen LogP contribution is -2.34. The van der Waals surface area contributed by atoms with E-state index in [4.69, 9.17) is 23.2 Å².